The Labute approximate surface area is 93.5 Å². The summed E-state index contributed by atoms with van der Waals surface area (Å²) in [5.74, 6) is 0.793. The Morgan fingerprint density at radius 1 is 0.938 bits per heavy atom. The van der Waals surface area contributed by atoms with Gasteiger partial charge in [-0.05, 0) is 24.3 Å². The van der Waals surface area contributed by atoms with Crippen molar-refractivity contribution < 1.29 is 0 Å². The topological polar surface area (TPSA) is 28.0 Å². The molecule has 2 heterocycles. The highest BCUT2D eigenvalue weighted by molar-refractivity contribution is 5.38. The number of para-hydroxylation sites is 2. The minimum absolute atomic E-state index is 0.793. The van der Waals surface area contributed by atoms with Crippen LogP contribution in [0, 0.1) is 0 Å². The average molecular weight is 209 g/mol. The van der Waals surface area contributed by atoms with Crippen molar-refractivity contribution in [1.29, 1.82) is 0 Å². The number of allylic oxidation sites excluding steroid dienone is 3. The highest BCUT2D eigenvalue weighted by Crippen LogP contribution is 2.15. The van der Waals surface area contributed by atoms with Crippen LogP contribution >= 0.6 is 0 Å². The molecule has 0 aliphatic carbocycles. The first-order valence-electron chi connectivity index (χ1n) is 5.18. The van der Waals surface area contributed by atoms with E-state index in [1.54, 1.807) is 0 Å². The van der Waals surface area contributed by atoms with Gasteiger partial charge < -0.3 is 4.90 Å². The number of benzene rings is 1. The van der Waals surface area contributed by atoms with Crippen LogP contribution in [0.2, 0.25) is 0 Å². The quantitative estimate of drug-likeness (QED) is 0.629. The Morgan fingerprint density at radius 3 is 2.06 bits per heavy atom. The molecule has 3 nitrogen and oxygen atoms in total. The van der Waals surface area contributed by atoms with Gasteiger partial charge in [-0.25, -0.2) is 9.98 Å². The maximum atomic E-state index is 4.49. The maximum absolute atomic E-state index is 4.49. The molecule has 0 fully saturated rings. The first kappa shape index (κ1) is 9.09. The standard InChI is InChI=1S/C13H11N3/c1-16-8-6-10(7-9-16)13-14-11-4-2-3-5-12(11)15-13/h2-9H,1H3. The van der Waals surface area contributed by atoms with Gasteiger partial charge in [0.1, 0.15) is 0 Å². The Bertz CT molecular complexity index is 582. The number of hydrogen-bond donors (Lipinski definition) is 0. The van der Waals surface area contributed by atoms with Crippen LogP contribution in [0.3, 0.4) is 0 Å². The molecule has 1 aromatic rings. The lowest BCUT2D eigenvalue weighted by Crippen LogP contribution is -2.19. The molecule has 0 N–H and O–H groups in total. The summed E-state index contributed by atoms with van der Waals surface area (Å²) in [6.07, 6.45) is 8.04. The molecule has 0 aromatic heterocycles. The summed E-state index contributed by atoms with van der Waals surface area (Å²) < 4.78 is 0. The van der Waals surface area contributed by atoms with Gasteiger partial charge in [0.25, 0.3) is 0 Å². The highest BCUT2D eigenvalue weighted by Gasteiger charge is 2.07. The Morgan fingerprint density at radius 2 is 1.50 bits per heavy atom. The molecular weight excluding hydrogens is 198 g/mol. The number of hydrogen-bond acceptors (Lipinski definition) is 3. The van der Waals surface area contributed by atoms with Crippen molar-refractivity contribution in [3.63, 3.8) is 0 Å². The normalized spacial score (nSPS) is 17.2. The van der Waals surface area contributed by atoms with Crippen LogP contribution in [0.15, 0.2) is 70.2 Å². The fraction of sp³-hybridized carbons (Fsp3) is 0.0769. The van der Waals surface area contributed by atoms with Gasteiger partial charge in [-0.1, -0.05) is 12.1 Å². The van der Waals surface area contributed by atoms with Crippen LogP contribution in [-0.2, 0) is 0 Å². The van der Waals surface area contributed by atoms with Crippen molar-refractivity contribution in [2.45, 2.75) is 0 Å². The molecule has 0 radical (unpaired) electrons. The van der Waals surface area contributed by atoms with E-state index in [0.29, 0.717) is 0 Å². The van der Waals surface area contributed by atoms with Crippen LogP contribution < -0.4 is 10.7 Å². The van der Waals surface area contributed by atoms with Crippen LogP contribution in [-0.4, -0.2) is 11.9 Å². The summed E-state index contributed by atoms with van der Waals surface area (Å²) in [5.41, 5.74) is 1.05. The molecule has 0 unspecified atom stereocenters. The minimum atomic E-state index is 0.793. The molecule has 16 heavy (non-hydrogen) atoms. The lowest BCUT2D eigenvalue weighted by Gasteiger charge is -2.11. The van der Waals surface area contributed by atoms with E-state index in [1.807, 2.05) is 60.8 Å². The van der Waals surface area contributed by atoms with Crippen molar-refractivity contribution in [3.05, 3.63) is 70.9 Å². The third-order valence-electron chi connectivity index (χ3n) is 2.57. The van der Waals surface area contributed by atoms with Crippen molar-refractivity contribution in [1.82, 2.24) is 4.90 Å². The zero-order valence-corrected chi connectivity index (χ0v) is 8.96. The summed E-state index contributed by atoms with van der Waals surface area (Å²) >= 11 is 0. The van der Waals surface area contributed by atoms with E-state index >= 15 is 0 Å². The second-order valence-corrected chi connectivity index (χ2v) is 3.79. The smallest absolute Gasteiger partial charge is 0.160 e. The third-order valence-corrected chi connectivity index (χ3v) is 2.57. The molecule has 3 rings (SSSR count). The number of nitrogens with zero attached hydrogens (tertiary/aromatic N) is 3. The molecule has 0 saturated carbocycles. The van der Waals surface area contributed by atoms with Gasteiger partial charge in [0, 0.05) is 25.0 Å². The lowest BCUT2D eigenvalue weighted by atomic mass is 10.2. The first-order valence-corrected chi connectivity index (χ1v) is 5.18. The Kier molecular flexibility index (Phi) is 1.96. The molecule has 3 heteroatoms. The van der Waals surface area contributed by atoms with Gasteiger partial charge in [0.15, 0.2) is 5.82 Å². The van der Waals surface area contributed by atoms with Gasteiger partial charge in [0.2, 0.25) is 0 Å². The SMILES string of the molecule is CN1C=CC(=C2N=c3ccccc3=N2)C=C1. The lowest BCUT2D eigenvalue weighted by molar-refractivity contribution is 0.619. The fourth-order valence-corrected chi connectivity index (χ4v) is 1.69. The second kappa shape index (κ2) is 3.45. The zero-order chi connectivity index (χ0) is 11.0. The van der Waals surface area contributed by atoms with E-state index in [9.17, 15) is 0 Å². The molecule has 1 aromatic carbocycles. The molecule has 0 bridgehead atoms. The average Bonchev–Trinajstić information content (AvgIpc) is 2.73. The monoisotopic (exact) mass is 209 g/mol. The van der Waals surface area contributed by atoms with Crippen molar-refractivity contribution in [2.75, 3.05) is 7.05 Å². The molecule has 0 spiro atoms. The van der Waals surface area contributed by atoms with Crippen molar-refractivity contribution in [2.24, 2.45) is 9.98 Å². The Balaban J connectivity index is 2.14. The number of fused-ring (bicyclic) bond motifs is 1. The van der Waals surface area contributed by atoms with Gasteiger partial charge in [0.05, 0.1) is 10.7 Å². The second-order valence-electron chi connectivity index (χ2n) is 3.79. The van der Waals surface area contributed by atoms with E-state index in [1.165, 1.54) is 0 Å². The molecule has 2 aliphatic heterocycles. The molecule has 0 amide bonds. The van der Waals surface area contributed by atoms with Crippen LogP contribution in [0.25, 0.3) is 0 Å². The largest absolute Gasteiger partial charge is 0.357 e. The Hall–Kier alpha value is -2.16. The molecule has 0 saturated heterocycles. The van der Waals surface area contributed by atoms with Gasteiger partial charge in [-0.15, -0.1) is 0 Å². The van der Waals surface area contributed by atoms with Crippen molar-refractivity contribution >= 4 is 0 Å². The van der Waals surface area contributed by atoms with Gasteiger partial charge >= 0.3 is 0 Å². The summed E-state index contributed by atoms with van der Waals surface area (Å²) in [7, 11) is 1.99. The van der Waals surface area contributed by atoms with E-state index in [-0.39, 0.29) is 0 Å². The summed E-state index contributed by atoms with van der Waals surface area (Å²) in [6, 6.07) is 7.92. The van der Waals surface area contributed by atoms with Crippen LogP contribution in [0.1, 0.15) is 0 Å². The van der Waals surface area contributed by atoms with E-state index < -0.39 is 0 Å². The highest BCUT2D eigenvalue weighted by atomic mass is 15.1. The molecular formula is C13H11N3. The first-order chi connectivity index (χ1) is 7.83. The van der Waals surface area contributed by atoms with E-state index in [0.717, 1.165) is 22.1 Å². The minimum Gasteiger partial charge on any atom is -0.357 e. The third kappa shape index (κ3) is 1.46. The predicted octanol–water partition coefficient (Wildman–Crippen LogP) is 1.12. The van der Waals surface area contributed by atoms with Gasteiger partial charge in [-0.3, -0.25) is 0 Å². The molecule has 78 valence electrons. The zero-order valence-electron chi connectivity index (χ0n) is 8.96. The number of rotatable bonds is 0. The predicted molar refractivity (Wildman–Crippen MR) is 61.8 cm³/mol. The van der Waals surface area contributed by atoms with Crippen LogP contribution in [0.4, 0.5) is 0 Å². The summed E-state index contributed by atoms with van der Waals surface area (Å²) in [6.45, 7) is 0. The summed E-state index contributed by atoms with van der Waals surface area (Å²) in [5, 5.41) is 1.90. The molecule has 2 aliphatic rings. The van der Waals surface area contributed by atoms with Crippen molar-refractivity contribution in [3.8, 4) is 0 Å². The molecule has 0 atom stereocenters. The van der Waals surface area contributed by atoms with E-state index in [2.05, 4.69) is 9.98 Å². The van der Waals surface area contributed by atoms with Gasteiger partial charge in [-0.2, -0.15) is 0 Å². The summed E-state index contributed by atoms with van der Waals surface area (Å²) in [4.78, 5) is 11.0. The fourth-order valence-electron chi connectivity index (χ4n) is 1.69. The van der Waals surface area contributed by atoms with Crippen LogP contribution in [0.5, 0.6) is 0 Å². The maximum Gasteiger partial charge on any atom is 0.160 e. The van der Waals surface area contributed by atoms with E-state index in [4.69, 9.17) is 0 Å².